The van der Waals surface area contributed by atoms with Crippen molar-refractivity contribution in [2.24, 2.45) is 5.73 Å². The van der Waals surface area contributed by atoms with Crippen LogP contribution in [0.25, 0.3) is 0 Å². The Morgan fingerprint density at radius 1 is 0.442 bits per heavy atom. The first-order valence-electron chi connectivity index (χ1n) is 31.2. The van der Waals surface area contributed by atoms with Crippen molar-refractivity contribution in [3.8, 4) is 24.3 Å². The largest absolute Gasteiger partial charge is 0.366 e. The molecule has 0 amide bonds. The van der Waals surface area contributed by atoms with Gasteiger partial charge < -0.3 is 30.7 Å². The number of nitrogens with two attached hydrogens (primary N) is 1. The smallest absolute Gasteiger partial charge is 0.137 e. The highest BCUT2D eigenvalue weighted by molar-refractivity contribution is 6.30. The van der Waals surface area contributed by atoms with E-state index in [0.29, 0.717) is 29.4 Å². The number of halogens is 1. The number of aromatic nitrogens is 12. The summed E-state index contributed by atoms with van der Waals surface area (Å²) in [5.74, 6) is 2.35. The highest BCUT2D eigenvalue weighted by atomic mass is 35.5. The number of nitriles is 4. The van der Waals surface area contributed by atoms with Crippen molar-refractivity contribution in [3.63, 3.8) is 0 Å². The second kappa shape index (κ2) is 31.7. The van der Waals surface area contributed by atoms with E-state index < -0.39 is 0 Å². The van der Waals surface area contributed by atoms with Gasteiger partial charge in [0.05, 0.1) is 73.8 Å². The van der Waals surface area contributed by atoms with Gasteiger partial charge in [-0.05, 0) is 101 Å². The molecule has 3 N–H and O–H groups in total. The van der Waals surface area contributed by atoms with Crippen LogP contribution in [0.15, 0.2) is 147 Å². The lowest BCUT2D eigenvalue weighted by Gasteiger charge is -2.32. The molecule has 22 nitrogen and oxygen atoms in total. The number of anilines is 5. The lowest BCUT2D eigenvalue weighted by molar-refractivity contribution is 0.702. The molecule has 0 spiro atoms. The summed E-state index contributed by atoms with van der Waals surface area (Å²) in [6, 6.07) is 36.5. The molecule has 10 heterocycles. The minimum Gasteiger partial charge on any atom is -0.366 e. The van der Waals surface area contributed by atoms with Crippen molar-refractivity contribution < 1.29 is 0 Å². The van der Waals surface area contributed by atoms with Gasteiger partial charge in [0.2, 0.25) is 0 Å². The Labute approximate surface area is 558 Å². The van der Waals surface area contributed by atoms with Gasteiger partial charge in [0.15, 0.2) is 0 Å². The molecule has 4 aliphatic rings. The van der Waals surface area contributed by atoms with Gasteiger partial charge in [0.25, 0.3) is 0 Å². The van der Waals surface area contributed by atoms with Gasteiger partial charge in [-0.15, -0.1) is 0 Å². The summed E-state index contributed by atoms with van der Waals surface area (Å²) in [6.45, 7) is 18.0. The average Bonchev–Trinajstić information content (AvgIpc) is 0.890. The average molecular weight is 1280 g/mol. The molecule has 4 aromatic carbocycles. The molecule has 0 fully saturated rings. The molecule has 0 unspecified atom stereocenters. The molecular weight excluding hydrogens is 1210 g/mol. The third-order valence-corrected chi connectivity index (χ3v) is 16.9. The first-order chi connectivity index (χ1) is 46.2. The fourth-order valence-electron chi connectivity index (χ4n) is 11.4. The monoisotopic (exact) mass is 1280 g/mol. The summed E-state index contributed by atoms with van der Waals surface area (Å²) in [6.07, 6.45) is 20.7. The summed E-state index contributed by atoms with van der Waals surface area (Å²) in [5, 5.41) is 41.1. The van der Waals surface area contributed by atoms with E-state index in [9.17, 15) is 10.5 Å². The topological polar surface area (TPSA) is 301 Å². The van der Waals surface area contributed by atoms with Crippen LogP contribution in [0.1, 0.15) is 127 Å². The van der Waals surface area contributed by atoms with Crippen LogP contribution in [0.4, 0.5) is 28.6 Å². The number of nitrogens with one attached hydrogen (secondary N) is 1. The van der Waals surface area contributed by atoms with Crippen LogP contribution in [0.3, 0.4) is 0 Å². The van der Waals surface area contributed by atoms with Crippen molar-refractivity contribution in [1.82, 2.24) is 59.8 Å². The zero-order valence-corrected chi connectivity index (χ0v) is 54.7. The van der Waals surface area contributed by atoms with E-state index in [0.717, 1.165) is 184 Å². The van der Waals surface area contributed by atoms with Crippen LogP contribution in [-0.2, 0) is 51.9 Å². The maximum atomic E-state index is 9.56. The van der Waals surface area contributed by atoms with Crippen LogP contribution in [0.2, 0.25) is 5.15 Å². The molecular formula is C72H71ClN22. The van der Waals surface area contributed by atoms with E-state index in [1.807, 2.05) is 144 Å². The van der Waals surface area contributed by atoms with Crippen molar-refractivity contribution in [1.29, 1.82) is 21.0 Å². The van der Waals surface area contributed by atoms with Crippen LogP contribution in [0.5, 0.6) is 0 Å². The van der Waals surface area contributed by atoms with Gasteiger partial charge in [0, 0.05) is 155 Å². The highest BCUT2D eigenvalue weighted by Gasteiger charge is 2.26. The Balaban J connectivity index is 0.000000134. The van der Waals surface area contributed by atoms with Gasteiger partial charge >= 0.3 is 0 Å². The van der Waals surface area contributed by atoms with Gasteiger partial charge in [-0.2, -0.15) is 21.0 Å². The molecule has 95 heavy (non-hydrogen) atoms. The molecule has 0 radical (unpaired) electrons. The quantitative estimate of drug-likeness (QED) is 0.134. The summed E-state index contributed by atoms with van der Waals surface area (Å²) < 4.78 is 0. The number of fused-ring (bicyclic) bond motifs is 4. The number of hydrogen-bond donors (Lipinski definition) is 2. The SMILES string of the molecule is Cc1ccc(N2CCc3ncnc(Cl)c3C2)c(C#N)c1.Cc1ccc(N2CCc3ncnc(N[C@@H](C)c4cnc(C)nc4)c3C2)c(C#N)c1.Cc1ncc([C@H](C)N)cn1.N#Cc1ccccc1N1CCc2ncncc2C1.N#Cc1ccccc1N1CCc2ncncc2C1. The molecule has 0 saturated carbocycles. The summed E-state index contributed by atoms with van der Waals surface area (Å²) in [7, 11) is 0. The highest BCUT2D eigenvalue weighted by Crippen LogP contribution is 2.33. The number of para-hydroxylation sites is 2. The van der Waals surface area contributed by atoms with Crippen LogP contribution < -0.4 is 30.7 Å². The molecule has 23 heteroatoms. The summed E-state index contributed by atoms with van der Waals surface area (Å²) in [4.78, 5) is 59.4. The van der Waals surface area contributed by atoms with E-state index in [4.69, 9.17) is 27.9 Å². The zero-order valence-electron chi connectivity index (χ0n) is 53.9. The first-order valence-corrected chi connectivity index (χ1v) is 31.5. The van der Waals surface area contributed by atoms with E-state index in [1.165, 1.54) is 6.33 Å². The third kappa shape index (κ3) is 16.8. The molecule has 6 aromatic heterocycles. The normalized spacial score (nSPS) is 13.8. The molecule has 0 aliphatic carbocycles. The van der Waals surface area contributed by atoms with E-state index in [-0.39, 0.29) is 12.1 Å². The zero-order chi connectivity index (χ0) is 66.8. The van der Waals surface area contributed by atoms with E-state index in [2.05, 4.69) is 116 Å². The van der Waals surface area contributed by atoms with Gasteiger partial charge in [0.1, 0.15) is 72.2 Å². The first kappa shape index (κ1) is 66.5. The second-order valence-corrected chi connectivity index (χ2v) is 23.6. The number of hydrogen-bond acceptors (Lipinski definition) is 22. The fourth-order valence-corrected chi connectivity index (χ4v) is 11.6. The third-order valence-electron chi connectivity index (χ3n) is 16.6. The maximum absolute atomic E-state index is 9.56. The van der Waals surface area contributed by atoms with Crippen molar-refractivity contribution in [3.05, 3.63) is 254 Å². The standard InChI is InChI=1S/C22H23N7.C15H13ClN4.2C14H12N4.C7H11N3/c1-14-4-5-21(17(8-14)9-23)29-7-6-20-19(12-29)22(27-13-26-20)28-15(2)18-10-24-16(3)25-11-18;1-10-2-3-14(11(6-10)7-17)20-5-4-13-12(8-20)15(16)19-9-18-13;2*15-7-11-3-1-2-4-14(11)18-6-5-13-12(9-18)8-16-10-17-13;1-5(8)7-3-9-6(2)10-4-7/h4-5,8,10-11,13,15H,6-7,12H2,1-3H3,(H,26,27,28);2-3,6,9H,4-5,8H2,1H3;2*1-4,8,10H,5-6,9H2;3-5H,8H2,1-2H3/t15-;;;;5-/m0...0/s1. The predicted molar refractivity (Wildman–Crippen MR) is 364 cm³/mol. The summed E-state index contributed by atoms with van der Waals surface area (Å²) >= 11 is 6.15. The number of rotatable bonds is 8. The number of nitrogens with zero attached hydrogens (tertiary/aromatic N) is 20. The Morgan fingerprint density at radius 2 is 0.842 bits per heavy atom. The maximum Gasteiger partial charge on any atom is 0.137 e. The Kier molecular flexibility index (Phi) is 22.2. The van der Waals surface area contributed by atoms with Crippen molar-refractivity contribution >= 4 is 40.2 Å². The molecule has 4 aliphatic heterocycles. The number of benzene rings is 4. The molecule has 0 saturated heterocycles. The molecule has 0 bridgehead atoms. The summed E-state index contributed by atoms with van der Waals surface area (Å²) in [5.41, 5.74) is 25.1. The van der Waals surface area contributed by atoms with Gasteiger partial charge in [-0.25, -0.2) is 59.8 Å². The molecule has 14 rings (SSSR count). The van der Waals surface area contributed by atoms with Gasteiger partial charge in [-0.3, -0.25) is 0 Å². The Bertz CT molecular complexity index is 4370. The lowest BCUT2D eigenvalue weighted by atomic mass is 10.0. The van der Waals surface area contributed by atoms with E-state index >= 15 is 0 Å². The lowest BCUT2D eigenvalue weighted by Crippen LogP contribution is -2.32. The van der Waals surface area contributed by atoms with Gasteiger partial charge in [-0.1, -0.05) is 48.0 Å². The van der Waals surface area contributed by atoms with Crippen LogP contribution in [-0.4, -0.2) is 86.0 Å². The van der Waals surface area contributed by atoms with E-state index in [1.54, 1.807) is 31.4 Å². The van der Waals surface area contributed by atoms with Crippen LogP contribution in [0, 0.1) is 73.0 Å². The second-order valence-electron chi connectivity index (χ2n) is 23.2. The minimum absolute atomic E-state index is 0.0130. The molecule has 2 atom stereocenters. The van der Waals surface area contributed by atoms with Crippen molar-refractivity contribution in [2.45, 2.75) is 105 Å². The molecule has 476 valence electrons. The fraction of sp³-hybridized carbons (Fsp3) is 0.278. The Hall–Kier alpha value is -11.4. The predicted octanol–water partition coefficient (Wildman–Crippen LogP) is 11.0. The minimum atomic E-state index is 0.0130. The molecule has 10 aromatic rings. The number of aryl methyl sites for hydroxylation is 4. The van der Waals surface area contributed by atoms with Crippen LogP contribution >= 0.6 is 11.6 Å². The Morgan fingerprint density at radius 3 is 1.32 bits per heavy atom. The van der Waals surface area contributed by atoms with Crippen molar-refractivity contribution in [2.75, 3.05) is 51.1 Å².